The van der Waals surface area contributed by atoms with Crippen LogP contribution >= 0.6 is 0 Å². The first kappa shape index (κ1) is 14.7. The molecule has 1 N–H and O–H groups in total. The Hall–Kier alpha value is -3.22. The average molecular weight is 311 g/mol. The lowest BCUT2D eigenvalue weighted by Gasteiger charge is -2.12. The summed E-state index contributed by atoms with van der Waals surface area (Å²) in [4.78, 5) is 30.9. The number of hydrogen-bond donors (Lipinski definition) is 1. The molecule has 1 atom stereocenters. The van der Waals surface area contributed by atoms with Gasteiger partial charge in [-0.15, -0.1) is 0 Å². The van der Waals surface area contributed by atoms with Crippen LogP contribution in [-0.2, 0) is 4.74 Å². The van der Waals surface area contributed by atoms with Crippen LogP contribution in [0.4, 0.5) is 0 Å². The molecule has 0 spiro atoms. The maximum absolute atomic E-state index is 12.0. The molecule has 0 unspecified atom stereocenters. The number of carbonyl (C=O) groups excluding carboxylic acids is 1. The van der Waals surface area contributed by atoms with Crippen molar-refractivity contribution in [2.75, 3.05) is 0 Å². The lowest BCUT2D eigenvalue weighted by atomic mass is 10.2. The number of hydrogen-bond acceptors (Lipinski definition) is 5. The average Bonchev–Trinajstić information content (AvgIpc) is 2.55. The number of ether oxygens (including phenoxy) is 1. The second kappa shape index (κ2) is 5.88. The number of H-pyrrole nitrogens is 1. The molecule has 0 aliphatic rings. The maximum Gasteiger partial charge on any atom is 0.405 e. The van der Waals surface area contributed by atoms with Crippen molar-refractivity contribution in [1.29, 1.82) is 0 Å². The Bertz CT molecular complexity index is 936. The van der Waals surface area contributed by atoms with E-state index in [4.69, 9.17) is 4.74 Å². The van der Waals surface area contributed by atoms with Gasteiger partial charge in [0, 0.05) is 12.1 Å². The van der Waals surface area contributed by atoms with Gasteiger partial charge in [0.2, 0.25) is 0 Å². The first-order valence-electron chi connectivity index (χ1n) is 6.94. The summed E-state index contributed by atoms with van der Waals surface area (Å²) in [6.07, 6.45) is 0.400. The van der Waals surface area contributed by atoms with Crippen LogP contribution in [0.5, 0.6) is 0 Å². The van der Waals surface area contributed by atoms with Gasteiger partial charge in [-0.05, 0) is 25.1 Å². The summed E-state index contributed by atoms with van der Waals surface area (Å²) in [5, 5.41) is 12.0. The van der Waals surface area contributed by atoms with Crippen LogP contribution < -0.4 is 10.3 Å². The molecular formula is C16H13N3O4. The molecule has 0 saturated heterocycles. The molecule has 1 aromatic carbocycles. The number of pyridine rings is 1. The Labute approximate surface area is 130 Å². The number of nitrogens with one attached hydrogen (secondary N) is 1. The number of nitrogens with zero attached hydrogens (tertiary/aromatic N) is 2. The summed E-state index contributed by atoms with van der Waals surface area (Å²) in [6, 6.07) is 11.3. The van der Waals surface area contributed by atoms with Crippen molar-refractivity contribution >= 4 is 16.9 Å². The summed E-state index contributed by atoms with van der Waals surface area (Å²) >= 11 is 0. The fourth-order valence-corrected chi connectivity index (χ4v) is 2.16. The van der Waals surface area contributed by atoms with Gasteiger partial charge < -0.3 is 14.9 Å². The van der Waals surface area contributed by atoms with E-state index in [1.165, 1.54) is 18.3 Å². The number of aromatic amines is 1. The summed E-state index contributed by atoms with van der Waals surface area (Å²) in [5.41, 5.74) is 0.0577. The third-order valence-corrected chi connectivity index (χ3v) is 3.33. The zero-order chi connectivity index (χ0) is 16.4. The number of para-hydroxylation sites is 1. The van der Waals surface area contributed by atoms with Gasteiger partial charge in [0.05, 0.1) is 10.9 Å². The van der Waals surface area contributed by atoms with Gasteiger partial charge in [0.15, 0.2) is 18.1 Å². The quantitative estimate of drug-likeness (QED) is 0.448. The lowest BCUT2D eigenvalue weighted by Crippen LogP contribution is -2.35. The monoisotopic (exact) mass is 311 g/mol. The van der Waals surface area contributed by atoms with Gasteiger partial charge >= 0.3 is 11.7 Å². The minimum absolute atomic E-state index is 0.137. The van der Waals surface area contributed by atoms with Gasteiger partial charge in [-0.2, -0.15) is 4.73 Å². The van der Waals surface area contributed by atoms with E-state index >= 15 is 0 Å². The number of carbonyl (C=O) groups is 1. The van der Waals surface area contributed by atoms with Crippen LogP contribution in [0, 0.1) is 5.21 Å². The summed E-state index contributed by atoms with van der Waals surface area (Å²) in [7, 11) is 0. The third-order valence-electron chi connectivity index (χ3n) is 3.33. The molecule has 3 aromatic rings. The maximum atomic E-state index is 12.0. The molecule has 0 bridgehead atoms. The highest BCUT2D eigenvalue weighted by Gasteiger charge is 2.22. The van der Waals surface area contributed by atoms with Crippen molar-refractivity contribution in [2.24, 2.45) is 0 Å². The molecule has 7 heteroatoms. The Balaban J connectivity index is 1.89. The van der Waals surface area contributed by atoms with Crippen molar-refractivity contribution in [3.8, 4) is 0 Å². The number of esters is 1. The molecule has 3 rings (SSSR count). The van der Waals surface area contributed by atoms with E-state index in [-0.39, 0.29) is 17.1 Å². The van der Waals surface area contributed by atoms with Gasteiger partial charge in [0.25, 0.3) is 5.56 Å². The minimum atomic E-state index is -0.806. The predicted molar refractivity (Wildman–Crippen MR) is 81.6 cm³/mol. The van der Waals surface area contributed by atoms with Crippen LogP contribution in [0.1, 0.15) is 29.3 Å². The first-order valence-corrected chi connectivity index (χ1v) is 6.94. The third kappa shape index (κ3) is 2.89. The normalized spacial score (nSPS) is 12.0. The Morgan fingerprint density at radius 2 is 2.00 bits per heavy atom. The summed E-state index contributed by atoms with van der Waals surface area (Å²) < 4.78 is 5.64. The zero-order valence-corrected chi connectivity index (χ0v) is 12.2. The number of fused-ring (bicyclic) bond motifs is 1. The van der Waals surface area contributed by atoms with Crippen LogP contribution in [0.15, 0.2) is 53.5 Å². The molecule has 23 heavy (non-hydrogen) atoms. The van der Waals surface area contributed by atoms with E-state index in [1.807, 2.05) is 0 Å². The number of rotatable bonds is 3. The van der Waals surface area contributed by atoms with E-state index in [0.29, 0.717) is 15.6 Å². The smallest absolute Gasteiger partial charge is 0.405 e. The van der Waals surface area contributed by atoms with Crippen LogP contribution in [-0.4, -0.2) is 15.9 Å². The minimum Gasteiger partial charge on any atom is -0.618 e. The van der Waals surface area contributed by atoms with E-state index in [0.717, 1.165) is 0 Å². The van der Waals surface area contributed by atoms with Gasteiger partial charge in [-0.1, -0.05) is 12.1 Å². The molecule has 0 amide bonds. The second-order valence-electron chi connectivity index (χ2n) is 4.93. The molecule has 0 aliphatic carbocycles. The SMILES string of the molecule is C[C@H](OC(=O)c1cccc[n+]1[O-])c1nc2ccccc2c(=O)[nH]1. The van der Waals surface area contributed by atoms with Crippen molar-refractivity contribution < 1.29 is 14.3 Å². The summed E-state index contributed by atoms with van der Waals surface area (Å²) in [6.45, 7) is 1.57. The lowest BCUT2D eigenvalue weighted by molar-refractivity contribution is -0.608. The van der Waals surface area contributed by atoms with Crippen LogP contribution in [0.2, 0.25) is 0 Å². The highest BCUT2D eigenvalue weighted by molar-refractivity contribution is 5.85. The molecule has 0 radical (unpaired) electrons. The number of aromatic nitrogens is 3. The predicted octanol–water partition coefficient (Wildman–Crippen LogP) is 1.47. The van der Waals surface area contributed by atoms with E-state index in [2.05, 4.69) is 9.97 Å². The van der Waals surface area contributed by atoms with Gasteiger partial charge in [-0.3, -0.25) is 4.79 Å². The van der Waals surface area contributed by atoms with E-state index in [1.54, 1.807) is 37.3 Å². The fraction of sp³-hybridized carbons (Fsp3) is 0.125. The van der Waals surface area contributed by atoms with Crippen molar-refractivity contribution in [2.45, 2.75) is 13.0 Å². The summed E-state index contributed by atoms with van der Waals surface area (Å²) in [5.74, 6) is -0.570. The zero-order valence-electron chi connectivity index (χ0n) is 12.2. The topological polar surface area (TPSA) is 99.0 Å². The highest BCUT2D eigenvalue weighted by Crippen LogP contribution is 2.15. The molecule has 116 valence electrons. The van der Waals surface area contributed by atoms with Crippen LogP contribution in [0.3, 0.4) is 0 Å². The Morgan fingerprint density at radius 3 is 2.78 bits per heavy atom. The molecule has 0 fully saturated rings. The van der Waals surface area contributed by atoms with Gasteiger partial charge in [-0.25, -0.2) is 9.78 Å². The van der Waals surface area contributed by atoms with E-state index in [9.17, 15) is 14.8 Å². The second-order valence-corrected chi connectivity index (χ2v) is 4.93. The number of benzene rings is 1. The Kier molecular flexibility index (Phi) is 3.76. The van der Waals surface area contributed by atoms with Crippen molar-refractivity contribution in [3.05, 3.63) is 75.7 Å². The van der Waals surface area contributed by atoms with Crippen molar-refractivity contribution in [3.63, 3.8) is 0 Å². The Morgan fingerprint density at radius 1 is 1.26 bits per heavy atom. The molecular weight excluding hydrogens is 298 g/mol. The molecule has 0 saturated carbocycles. The van der Waals surface area contributed by atoms with Crippen molar-refractivity contribution in [1.82, 2.24) is 9.97 Å². The molecule has 2 heterocycles. The van der Waals surface area contributed by atoms with Crippen LogP contribution in [0.25, 0.3) is 10.9 Å². The molecule has 7 nitrogen and oxygen atoms in total. The largest absolute Gasteiger partial charge is 0.618 e. The van der Waals surface area contributed by atoms with Gasteiger partial charge in [0.1, 0.15) is 0 Å². The fourth-order valence-electron chi connectivity index (χ4n) is 2.16. The van der Waals surface area contributed by atoms with E-state index < -0.39 is 12.1 Å². The standard InChI is InChI=1S/C16H13N3O4/c1-10(23-16(21)13-8-4-5-9-19(13)22)14-17-12-7-3-2-6-11(12)15(20)18-14/h2-10H,1H3,(H,17,18,20)/t10-/m0/s1. The highest BCUT2D eigenvalue weighted by atomic mass is 16.6. The first-order chi connectivity index (χ1) is 11.1. The molecule has 0 aliphatic heterocycles. The molecule has 2 aromatic heterocycles.